The Morgan fingerprint density at radius 2 is 1.20 bits per heavy atom. The number of halogens is 1. The van der Waals surface area contributed by atoms with Gasteiger partial charge in [-0.1, -0.05) is 66.1 Å². The summed E-state index contributed by atoms with van der Waals surface area (Å²) in [7, 11) is 4.05. The third-order valence-electron chi connectivity index (χ3n) is 17.7. The number of nitrogens with zero attached hydrogens (tertiary/aromatic N) is 7. The number of aliphatic carboxylic acids is 5. The quantitative estimate of drug-likeness (QED) is 0.0190. The van der Waals surface area contributed by atoms with E-state index >= 15 is 0 Å². The minimum absolute atomic E-state index is 0.0347. The maximum Gasteiger partial charge on any atom is 0.326 e. The summed E-state index contributed by atoms with van der Waals surface area (Å²) < 4.78 is 18.7. The molecule has 1 saturated heterocycles. The first-order valence-electron chi connectivity index (χ1n) is 36.4. The van der Waals surface area contributed by atoms with E-state index in [9.17, 15) is 68.4 Å². The van der Waals surface area contributed by atoms with Crippen LogP contribution in [0.3, 0.4) is 0 Å². The van der Waals surface area contributed by atoms with Crippen molar-refractivity contribution in [3.8, 4) is 11.3 Å². The van der Waals surface area contributed by atoms with Gasteiger partial charge in [-0.25, -0.2) is 19.1 Å². The summed E-state index contributed by atoms with van der Waals surface area (Å²) in [6.07, 6.45) is 6.84. The number of rotatable bonds is 50. The number of carbonyl (C=O) groups excluding carboxylic acids is 5. The van der Waals surface area contributed by atoms with Crippen molar-refractivity contribution in [1.82, 2.24) is 61.2 Å². The maximum absolute atomic E-state index is 14.0. The van der Waals surface area contributed by atoms with E-state index < -0.39 is 71.6 Å². The second kappa shape index (κ2) is 50.7. The molecular weight excluding hydrogens is 1430 g/mol. The Balaban J connectivity index is 1.01. The van der Waals surface area contributed by atoms with E-state index in [2.05, 4.69) is 57.3 Å². The van der Waals surface area contributed by atoms with Gasteiger partial charge in [-0.3, -0.25) is 43.4 Å². The summed E-state index contributed by atoms with van der Waals surface area (Å²) in [5.74, 6) is -6.98. The number of urea groups is 2. The largest absolute Gasteiger partial charge is 0.481 e. The smallest absolute Gasteiger partial charge is 0.326 e. The lowest BCUT2D eigenvalue weighted by Crippen LogP contribution is -2.50. The van der Waals surface area contributed by atoms with E-state index in [1.807, 2.05) is 66.4 Å². The minimum atomic E-state index is -1.22. The van der Waals surface area contributed by atoms with Crippen LogP contribution >= 0.6 is 23.8 Å². The molecule has 2 heterocycles. The molecular formula is C73H107ClN14O18S. The Bertz CT molecular complexity index is 3430. The summed E-state index contributed by atoms with van der Waals surface area (Å²) in [4.78, 5) is 131. The number of unbranched alkanes of at least 4 members (excludes halogenated alkanes) is 4. The molecule has 0 saturated carbocycles. The molecule has 34 heteroatoms. The van der Waals surface area contributed by atoms with Crippen LogP contribution in [0.15, 0.2) is 79.0 Å². The number of ether oxygens (including phenoxy) is 3. The molecule has 0 bridgehead atoms. The highest BCUT2D eigenvalue weighted by Gasteiger charge is 2.29. The highest BCUT2D eigenvalue weighted by atomic mass is 35.5. The average Bonchev–Trinajstić information content (AvgIpc) is 1.80. The molecule has 5 rings (SSSR count). The Morgan fingerprint density at radius 3 is 1.89 bits per heavy atom. The maximum atomic E-state index is 14.0. The first kappa shape index (κ1) is 88.8. The number of nitrogens with one attached hydrogen (secondary N) is 7. The molecule has 1 aliphatic heterocycles. The van der Waals surface area contributed by atoms with Gasteiger partial charge in [0.2, 0.25) is 5.91 Å². The molecule has 12 N–H and O–H groups in total. The van der Waals surface area contributed by atoms with Crippen LogP contribution in [-0.4, -0.2) is 275 Å². The number of carbonyl (C=O) groups is 10. The molecule has 0 radical (unpaired) electrons. The Kier molecular flexibility index (Phi) is 42.1. The number of carboxylic acid groups (broad SMARTS) is 5. The van der Waals surface area contributed by atoms with Crippen molar-refractivity contribution in [2.75, 3.05) is 143 Å². The summed E-state index contributed by atoms with van der Waals surface area (Å²) in [6.45, 7) is 6.12. The van der Waals surface area contributed by atoms with Crippen molar-refractivity contribution in [3.05, 3.63) is 95.1 Å². The predicted octanol–water partition coefficient (Wildman–Crippen LogP) is 5.57. The zero-order chi connectivity index (χ0) is 77.7. The molecule has 4 unspecified atom stereocenters. The zero-order valence-corrected chi connectivity index (χ0v) is 62.8. The van der Waals surface area contributed by atoms with Crippen LogP contribution in [0.2, 0.25) is 5.02 Å². The van der Waals surface area contributed by atoms with Crippen molar-refractivity contribution in [3.63, 3.8) is 0 Å². The summed E-state index contributed by atoms with van der Waals surface area (Å²) in [5, 5.41) is 76.7. The third kappa shape index (κ3) is 39.0. The van der Waals surface area contributed by atoms with Gasteiger partial charge in [-0.2, -0.15) is 0 Å². The SMILES string of the molecule is CN1CCN(CC(=O)O)CCN(CC(=O)O)CC(Cc2ccc(NC(=S)NCCCCC(NC(=O)CCOCCOCCOCCn3cc(-c4cccc(NC(=O)NCCCCC(NC(=O)NCCCC(=O)O)C(=O)O)c4)nn3)C(=O)CC(CCCCCC(=O)Cc3ccc(Cl)cc3)C(=O)O)cc2)N(C)CC1. The first-order valence-corrected chi connectivity index (χ1v) is 37.2. The summed E-state index contributed by atoms with van der Waals surface area (Å²) >= 11 is 11.6. The normalized spacial score (nSPS) is 14.9. The second-order valence-electron chi connectivity index (χ2n) is 26.5. The van der Waals surface area contributed by atoms with Crippen LogP contribution in [-0.2, 0) is 72.0 Å². The van der Waals surface area contributed by atoms with Crippen molar-refractivity contribution in [1.29, 1.82) is 0 Å². The zero-order valence-electron chi connectivity index (χ0n) is 61.2. The van der Waals surface area contributed by atoms with Crippen molar-refractivity contribution < 1.29 is 87.7 Å². The van der Waals surface area contributed by atoms with Gasteiger partial charge in [0.25, 0.3) is 0 Å². The monoisotopic (exact) mass is 1530 g/mol. The fourth-order valence-electron chi connectivity index (χ4n) is 11.6. The van der Waals surface area contributed by atoms with Crippen molar-refractivity contribution >= 4 is 99.7 Å². The van der Waals surface area contributed by atoms with Gasteiger partial charge >= 0.3 is 41.9 Å². The molecule has 4 aromatic rings. The number of amides is 5. The van der Waals surface area contributed by atoms with Gasteiger partial charge in [0, 0.05) is 126 Å². The van der Waals surface area contributed by atoms with Crippen LogP contribution < -0.4 is 37.2 Å². The number of thiocarbonyl (C=S) groups is 1. The number of Topliss-reactive ketones (excluding diaryl/α,β-unsaturated/α-hetero) is 2. The van der Waals surface area contributed by atoms with E-state index in [0.717, 1.165) is 29.9 Å². The minimum Gasteiger partial charge on any atom is -0.481 e. The number of anilines is 2. The van der Waals surface area contributed by atoms with Crippen LogP contribution in [0, 0.1) is 5.92 Å². The average molecular weight is 1540 g/mol. The van der Waals surface area contributed by atoms with Crippen molar-refractivity contribution in [2.45, 2.75) is 134 Å². The number of likely N-dealkylation sites (N-methyl/N-ethyl adjacent to an activating group) is 2. The molecule has 1 aromatic heterocycles. The first-order chi connectivity index (χ1) is 51.4. The molecule has 1 fully saturated rings. The number of ketones is 2. The summed E-state index contributed by atoms with van der Waals surface area (Å²) in [5.41, 5.74) is 4.39. The molecule has 1 aliphatic rings. The molecule has 0 spiro atoms. The number of aromatic nitrogens is 3. The second-order valence-corrected chi connectivity index (χ2v) is 27.3. The molecule has 32 nitrogen and oxygen atoms in total. The van der Waals surface area contributed by atoms with Crippen LogP contribution in [0.4, 0.5) is 21.0 Å². The number of carboxylic acids is 5. The van der Waals surface area contributed by atoms with Gasteiger partial charge in [-0.15, -0.1) is 5.10 Å². The van der Waals surface area contributed by atoms with Gasteiger partial charge in [0.1, 0.15) is 17.5 Å². The Hall–Kier alpha value is -8.80. The van der Waals surface area contributed by atoms with Gasteiger partial charge in [0.05, 0.1) is 77.4 Å². The molecule has 0 aliphatic carbocycles. The van der Waals surface area contributed by atoms with E-state index in [4.69, 9.17) is 43.1 Å². The Labute approximate surface area is 634 Å². The molecule has 5 amide bonds. The Morgan fingerprint density at radius 1 is 0.579 bits per heavy atom. The standard InChI is InChI=1S/C73H107ClN14O18S/c1-84-31-33-85(2)59(48-87(51-68(96)97)36-35-86(34-32-84)50-67(94)95)44-52-21-25-57(26-22-52)79-73(107)77-29-9-6-16-61(64(90)47-55(69(98)99)12-4-3-5-15-60(89)45-53-19-23-56(74)24-20-53)80-65(91)27-38-104-40-42-106-43-41-105-39-37-88-49-63(82-83-88)54-13-10-14-58(46-54)78-71(102)75-28-8-7-17-62(70(100)101)81-72(103)76-30-11-18-66(92)93/h10,13-14,19-26,46,49,55,59,61-62H,3-9,11-12,15-18,27-45,47-48,50-51H2,1-2H3,(H,80,91)(H,92,93)(H,94,95)(H,96,97)(H,98,99)(H,100,101)(H2,75,78,102)(H2,76,81,103)(H2,77,79,107). The van der Waals surface area contributed by atoms with Crippen molar-refractivity contribution in [2.24, 2.45) is 5.92 Å². The molecule has 590 valence electrons. The number of hydrogen-bond acceptors (Lipinski definition) is 20. The van der Waals surface area contributed by atoms with Crippen LogP contribution in [0.5, 0.6) is 0 Å². The molecule has 107 heavy (non-hydrogen) atoms. The van der Waals surface area contributed by atoms with E-state index in [1.165, 1.54) is 0 Å². The van der Waals surface area contributed by atoms with Gasteiger partial charge in [-0.05, 0) is 138 Å². The molecule has 3 aromatic carbocycles. The lowest BCUT2D eigenvalue weighted by Gasteiger charge is -2.36. The lowest BCUT2D eigenvalue weighted by atomic mass is 9.91. The highest BCUT2D eigenvalue weighted by Crippen LogP contribution is 2.23. The fourth-order valence-corrected chi connectivity index (χ4v) is 12.0. The predicted molar refractivity (Wildman–Crippen MR) is 404 cm³/mol. The lowest BCUT2D eigenvalue weighted by molar-refractivity contribution is -0.144. The highest BCUT2D eigenvalue weighted by molar-refractivity contribution is 7.80. The molecule has 4 atom stereocenters. The fraction of sp³-hybridized carbons (Fsp3) is 0.575. The van der Waals surface area contributed by atoms with Gasteiger partial charge < -0.3 is 86.8 Å². The van der Waals surface area contributed by atoms with Crippen LogP contribution in [0.25, 0.3) is 11.3 Å². The van der Waals surface area contributed by atoms with E-state index in [1.54, 1.807) is 41.2 Å². The summed E-state index contributed by atoms with van der Waals surface area (Å²) in [6, 6.07) is 18.6. The number of benzene rings is 3. The van der Waals surface area contributed by atoms with E-state index in [-0.39, 0.29) is 122 Å². The van der Waals surface area contributed by atoms with Gasteiger partial charge in [0.15, 0.2) is 10.9 Å². The topological polar surface area (TPSA) is 427 Å². The third-order valence-corrected chi connectivity index (χ3v) is 18.2. The number of hydrogen-bond donors (Lipinski definition) is 12. The van der Waals surface area contributed by atoms with Crippen LogP contribution in [0.1, 0.15) is 107 Å². The van der Waals surface area contributed by atoms with E-state index in [0.29, 0.717) is 137 Å².